The number of aliphatic carboxylic acids is 1. The van der Waals surface area contributed by atoms with Crippen molar-refractivity contribution in [3.05, 3.63) is 64.2 Å². The maximum Gasteiger partial charge on any atom is 0.335 e. The largest absolute Gasteiger partial charge is 0.479 e. The van der Waals surface area contributed by atoms with Gasteiger partial charge in [0.15, 0.2) is 18.1 Å². The molecule has 0 aliphatic carbocycles. The molecule has 2 aromatic carbocycles. The van der Waals surface area contributed by atoms with Crippen LogP contribution in [0.3, 0.4) is 0 Å². The highest BCUT2D eigenvalue weighted by atomic mass is 35.5. The van der Waals surface area contributed by atoms with Crippen molar-refractivity contribution in [2.45, 2.75) is 41.3 Å². The SMILES string of the molecule is O=C1NC(O)(c2ccc(Cl)c(S(=O)(=O)NC3OC(C(=O)O)C(O)C(O)C3O)c2)c2ccccc21. The standard InChI is InChI=1S/C20H19ClN2O10S/c21-11-6-5-8(20(30)10-4-2-1-3-9(10)17(27)22-20)7-12(11)34(31,32)23-18-15(26)13(24)14(25)16(33-18)19(28)29/h1-7,13-16,18,23-26,30H,(H,22,27)(H,28,29). The molecule has 0 spiro atoms. The van der Waals surface area contributed by atoms with Crippen LogP contribution in [0.5, 0.6) is 0 Å². The summed E-state index contributed by atoms with van der Waals surface area (Å²) in [5.41, 5.74) is -1.75. The van der Waals surface area contributed by atoms with E-state index < -0.39 is 63.2 Å². The van der Waals surface area contributed by atoms with Crippen LogP contribution in [-0.2, 0) is 25.3 Å². The molecule has 2 aliphatic rings. The smallest absolute Gasteiger partial charge is 0.335 e. The van der Waals surface area contributed by atoms with Crippen LogP contribution >= 0.6 is 11.6 Å². The van der Waals surface area contributed by atoms with Crippen LogP contribution in [0.25, 0.3) is 0 Å². The molecule has 6 atom stereocenters. The molecule has 1 fully saturated rings. The molecule has 6 unspecified atom stereocenters. The van der Waals surface area contributed by atoms with Crippen LogP contribution in [0, 0.1) is 0 Å². The zero-order chi connectivity index (χ0) is 25.0. The van der Waals surface area contributed by atoms with Gasteiger partial charge in [-0.2, -0.15) is 4.72 Å². The molecule has 4 rings (SSSR count). The fourth-order valence-electron chi connectivity index (χ4n) is 3.85. The van der Waals surface area contributed by atoms with Gasteiger partial charge in [0.2, 0.25) is 10.0 Å². The summed E-state index contributed by atoms with van der Waals surface area (Å²) in [6, 6.07) is 9.60. The van der Waals surface area contributed by atoms with E-state index in [-0.39, 0.29) is 21.7 Å². The maximum atomic E-state index is 13.1. The number of halogens is 1. The molecule has 1 saturated heterocycles. The highest BCUT2D eigenvalue weighted by molar-refractivity contribution is 7.89. The van der Waals surface area contributed by atoms with Gasteiger partial charge in [-0.1, -0.05) is 35.9 Å². The Morgan fingerprint density at radius 2 is 1.76 bits per heavy atom. The summed E-state index contributed by atoms with van der Waals surface area (Å²) in [7, 11) is -4.66. The van der Waals surface area contributed by atoms with E-state index in [9.17, 15) is 38.4 Å². The lowest BCUT2D eigenvalue weighted by Gasteiger charge is -2.38. The summed E-state index contributed by atoms with van der Waals surface area (Å²) >= 11 is 6.07. The van der Waals surface area contributed by atoms with Gasteiger partial charge in [-0.25, -0.2) is 13.2 Å². The molecule has 12 nitrogen and oxygen atoms in total. The molecule has 2 heterocycles. The average molecular weight is 515 g/mol. The summed E-state index contributed by atoms with van der Waals surface area (Å²) in [6.45, 7) is 0. The number of aliphatic hydroxyl groups excluding tert-OH is 3. The van der Waals surface area contributed by atoms with Gasteiger partial charge < -0.3 is 35.6 Å². The molecule has 34 heavy (non-hydrogen) atoms. The van der Waals surface area contributed by atoms with Crippen LogP contribution in [0.1, 0.15) is 21.5 Å². The van der Waals surface area contributed by atoms with Gasteiger partial charge in [0.25, 0.3) is 5.91 Å². The van der Waals surface area contributed by atoms with Crippen molar-refractivity contribution in [3.8, 4) is 0 Å². The molecule has 7 N–H and O–H groups in total. The minimum absolute atomic E-state index is 0.0560. The molecular formula is C20H19ClN2O10S. The van der Waals surface area contributed by atoms with E-state index in [1.807, 2.05) is 4.72 Å². The first kappa shape index (κ1) is 24.5. The second-order valence-corrected chi connectivity index (χ2v) is 9.85. The Balaban J connectivity index is 1.70. The van der Waals surface area contributed by atoms with Gasteiger partial charge in [0.1, 0.15) is 23.2 Å². The van der Waals surface area contributed by atoms with Gasteiger partial charge in [-0.3, -0.25) is 4.79 Å². The summed E-state index contributed by atoms with van der Waals surface area (Å²) in [5, 5.41) is 52.2. The predicted octanol–water partition coefficient (Wildman–Crippen LogP) is -1.55. The number of benzene rings is 2. The van der Waals surface area contributed by atoms with Crippen LogP contribution in [0.4, 0.5) is 0 Å². The maximum absolute atomic E-state index is 13.1. The van der Waals surface area contributed by atoms with Gasteiger partial charge in [-0.15, -0.1) is 0 Å². The number of ether oxygens (including phenoxy) is 1. The Morgan fingerprint density at radius 1 is 1.09 bits per heavy atom. The van der Waals surface area contributed by atoms with Crippen molar-refractivity contribution in [3.63, 3.8) is 0 Å². The number of amides is 1. The molecule has 0 bridgehead atoms. The minimum atomic E-state index is -4.66. The number of carbonyl (C=O) groups excluding carboxylic acids is 1. The fraction of sp³-hybridized carbons (Fsp3) is 0.300. The first-order valence-electron chi connectivity index (χ1n) is 9.76. The molecule has 2 aromatic rings. The average Bonchev–Trinajstić information content (AvgIpc) is 3.05. The Kier molecular flexibility index (Phi) is 6.16. The molecule has 2 aliphatic heterocycles. The second kappa shape index (κ2) is 8.55. The van der Waals surface area contributed by atoms with Crippen LogP contribution in [0.2, 0.25) is 5.02 Å². The number of carboxylic acids is 1. The minimum Gasteiger partial charge on any atom is -0.479 e. The lowest BCUT2D eigenvalue weighted by molar-refractivity contribution is -0.229. The van der Waals surface area contributed by atoms with Gasteiger partial charge in [0, 0.05) is 16.7 Å². The van der Waals surface area contributed by atoms with Crippen molar-refractivity contribution in [1.82, 2.24) is 10.0 Å². The Hall–Kier alpha value is -2.62. The van der Waals surface area contributed by atoms with E-state index in [0.717, 1.165) is 12.1 Å². The molecule has 0 aromatic heterocycles. The normalized spacial score (nSPS) is 31.1. The van der Waals surface area contributed by atoms with Gasteiger partial charge >= 0.3 is 5.97 Å². The molecule has 0 radical (unpaired) electrons. The predicted molar refractivity (Wildman–Crippen MR) is 113 cm³/mol. The van der Waals surface area contributed by atoms with Crippen LogP contribution in [-0.4, -0.2) is 76.5 Å². The van der Waals surface area contributed by atoms with Crippen molar-refractivity contribution in [1.29, 1.82) is 0 Å². The lowest BCUT2D eigenvalue weighted by Crippen LogP contribution is -2.64. The molecule has 1 amide bonds. The van der Waals surface area contributed by atoms with Crippen molar-refractivity contribution in [2.75, 3.05) is 0 Å². The summed E-state index contributed by atoms with van der Waals surface area (Å²) in [4.78, 5) is 23.0. The van der Waals surface area contributed by atoms with Crippen molar-refractivity contribution in [2.24, 2.45) is 0 Å². The van der Waals surface area contributed by atoms with Gasteiger partial charge in [0.05, 0.1) is 5.02 Å². The van der Waals surface area contributed by atoms with Gasteiger partial charge in [-0.05, 0) is 18.2 Å². The molecule has 182 valence electrons. The third kappa shape index (κ3) is 3.95. The highest BCUT2D eigenvalue weighted by Gasteiger charge is 2.48. The number of fused-ring (bicyclic) bond motifs is 1. The fourth-order valence-corrected chi connectivity index (χ4v) is 5.51. The first-order valence-corrected chi connectivity index (χ1v) is 11.6. The lowest BCUT2D eigenvalue weighted by atomic mass is 9.94. The zero-order valence-corrected chi connectivity index (χ0v) is 18.6. The van der Waals surface area contributed by atoms with E-state index in [1.54, 1.807) is 12.1 Å². The Morgan fingerprint density at radius 3 is 2.44 bits per heavy atom. The second-order valence-electron chi connectivity index (χ2n) is 7.76. The van der Waals surface area contributed by atoms with Crippen molar-refractivity contribution >= 4 is 33.5 Å². The first-order chi connectivity index (χ1) is 15.9. The Bertz CT molecular complexity index is 1270. The number of hydrogen-bond donors (Lipinski definition) is 7. The van der Waals surface area contributed by atoms with Crippen molar-refractivity contribution < 1.29 is 48.3 Å². The van der Waals surface area contributed by atoms with E-state index in [4.69, 9.17) is 21.4 Å². The number of nitrogens with one attached hydrogen (secondary N) is 2. The Labute approximate surface area is 197 Å². The summed E-state index contributed by atoms with van der Waals surface area (Å²) in [6.07, 6.45) is -10.1. The third-order valence-corrected chi connectivity index (χ3v) is 7.52. The number of carboxylic acid groups (broad SMARTS) is 1. The topological polar surface area (TPSA) is 203 Å². The molecule has 0 saturated carbocycles. The van der Waals surface area contributed by atoms with E-state index in [0.29, 0.717) is 0 Å². The summed E-state index contributed by atoms with van der Waals surface area (Å²) in [5.74, 6) is -2.28. The van der Waals surface area contributed by atoms with Crippen LogP contribution in [0.15, 0.2) is 47.4 Å². The number of aliphatic hydroxyl groups is 4. The molecular weight excluding hydrogens is 496 g/mol. The third-order valence-electron chi connectivity index (χ3n) is 5.62. The van der Waals surface area contributed by atoms with E-state index in [1.165, 1.54) is 18.2 Å². The monoisotopic (exact) mass is 514 g/mol. The molecule has 14 heteroatoms. The summed E-state index contributed by atoms with van der Waals surface area (Å²) < 4.78 is 33.0. The highest BCUT2D eigenvalue weighted by Crippen LogP contribution is 2.37. The quantitative estimate of drug-likeness (QED) is 0.244. The van der Waals surface area contributed by atoms with Crippen LogP contribution < -0.4 is 10.0 Å². The zero-order valence-electron chi connectivity index (χ0n) is 17.0. The number of sulfonamides is 1. The number of hydrogen-bond acceptors (Lipinski definition) is 9. The number of rotatable bonds is 5. The van der Waals surface area contributed by atoms with E-state index in [2.05, 4.69) is 5.32 Å². The number of carbonyl (C=O) groups is 2. The van der Waals surface area contributed by atoms with E-state index >= 15 is 0 Å².